The molecule has 0 saturated heterocycles. The van der Waals surface area contributed by atoms with Crippen LogP contribution in [0.4, 0.5) is 0 Å². The number of aromatic nitrogens is 2. The fraction of sp³-hybridized carbons (Fsp3) is 0.167. The highest BCUT2D eigenvalue weighted by Crippen LogP contribution is 2.43. The summed E-state index contributed by atoms with van der Waals surface area (Å²) in [6.45, 7) is 0.152. The zero-order chi connectivity index (χ0) is 13.4. The molecule has 19 heavy (non-hydrogen) atoms. The molecular weight excluding hydrogens is 316 g/mol. The molecule has 0 bridgehead atoms. The average Bonchev–Trinajstić information content (AvgIpc) is 2.89. The lowest BCUT2D eigenvalue weighted by Gasteiger charge is -2.07. The van der Waals surface area contributed by atoms with E-state index < -0.39 is 0 Å². The normalized spacial score (nSPS) is 12.5. The van der Waals surface area contributed by atoms with E-state index >= 15 is 0 Å². The van der Waals surface area contributed by atoms with E-state index in [9.17, 15) is 4.79 Å². The van der Waals surface area contributed by atoms with E-state index in [2.05, 4.69) is 25.9 Å². The van der Waals surface area contributed by atoms with Crippen molar-refractivity contribution in [3.05, 3.63) is 33.2 Å². The van der Waals surface area contributed by atoms with Crippen LogP contribution < -0.4 is 19.8 Å². The van der Waals surface area contributed by atoms with Gasteiger partial charge in [-0.3, -0.25) is 4.79 Å². The van der Waals surface area contributed by atoms with Gasteiger partial charge < -0.3 is 19.2 Å². The Morgan fingerprint density at radius 3 is 3.00 bits per heavy atom. The van der Waals surface area contributed by atoms with Gasteiger partial charge in [-0.25, -0.2) is 4.98 Å². The number of fused-ring (bicyclic) bond motifs is 1. The van der Waals surface area contributed by atoms with Crippen molar-refractivity contribution in [1.82, 2.24) is 9.97 Å². The van der Waals surface area contributed by atoms with E-state index in [0.29, 0.717) is 33.1 Å². The summed E-state index contributed by atoms with van der Waals surface area (Å²) in [7, 11) is 1.54. The molecule has 0 unspecified atom stereocenters. The van der Waals surface area contributed by atoms with E-state index in [-0.39, 0.29) is 12.4 Å². The van der Waals surface area contributed by atoms with Gasteiger partial charge in [0.25, 0.3) is 5.56 Å². The van der Waals surface area contributed by atoms with E-state index in [1.165, 1.54) is 6.20 Å². The van der Waals surface area contributed by atoms with E-state index in [1.54, 1.807) is 19.2 Å². The maximum absolute atomic E-state index is 11.6. The summed E-state index contributed by atoms with van der Waals surface area (Å²) in [6, 6.07) is 3.48. The van der Waals surface area contributed by atoms with Crippen LogP contribution in [0.1, 0.15) is 0 Å². The molecule has 0 atom stereocenters. The maximum atomic E-state index is 11.6. The van der Waals surface area contributed by atoms with Crippen LogP contribution in [0.25, 0.3) is 11.4 Å². The third-order valence-corrected chi connectivity index (χ3v) is 3.25. The average molecular weight is 325 g/mol. The Morgan fingerprint density at radius 2 is 2.26 bits per heavy atom. The first-order valence-electron chi connectivity index (χ1n) is 5.42. The molecule has 0 saturated carbocycles. The van der Waals surface area contributed by atoms with Crippen LogP contribution in [0, 0.1) is 0 Å². The molecule has 0 amide bonds. The molecule has 98 valence electrons. The minimum Gasteiger partial charge on any atom is -0.493 e. The minimum absolute atomic E-state index is 0.152. The van der Waals surface area contributed by atoms with Gasteiger partial charge >= 0.3 is 0 Å². The van der Waals surface area contributed by atoms with Gasteiger partial charge in [-0.2, -0.15) is 0 Å². The summed E-state index contributed by atoms with van der Waals surface area (Å²) in [5.74, 6) is 2.10. The molecule has 0 radical (unpaired) electrons. The van der Waals surface area contributed by atoms with Crippen molar-refractivity contribution in [1.29, 1.82) is 0 Å². The van der Waals surface area contributed by atoms with Crippen molar-refractivity contribution in [2.75, 3.05) is 13.9 Å². The number of hydrogen-bond donors (Lipinski definition) is 1. The van der Waals surface area contributed by atoms with Gasteiger partial charge in [0.1, 0.15) is 10.3 Å². The summed E-state index contributed by atoms with van der Waals surface area (Å²) in [6.07, 6.45) is 1.45. The van der Waals surface area contributed by atoms with Gasteiger partial charge in [0.05, 0.1) is 7.11 Å². The molecule has 0 fully saturated rings. The molecule has 1 N–H and O–H groups in total. The highest BCUT2D eigenvalue weighted by atomic mass is 79.9. The number of methoxy groups -OCH3 is 1. The van der Waals surface area contributed by atoms with E-state index in [0.717, 1.165) is 0 Å². The van der Waals surface area contributed by atoms with Gasteiger partial charge in [-0.1, -0.05) is 0 Å². The molecule has 2 heterocycles. The lowest BCUT2D eigenvalue weighted by Crippen LogP contribution is -2.08. The predicted octanol–water partition coefficient (Wildman–Crippen LogP) is 1.94. The second-order valence-electron chi connectivity index (χ2n) is 3.82. The second kappa shape index (κ2) is 4.58. The van der Waals surface area contributed by atoms with Crippen molar-refractivity contribution >= 4 is 15.9 Å². The third-order valence-electron chi connectivity index (χ3n) is 2.69. The second-order valence-corrected chi connectivity index (χ2v) is 4.68. The van der Waals surface area contributed by atoms with Crippen LogP contribution in [0.2, 0.25) is 0 Å². The van der Waals surface area contributed by atoms with Crippen LogP contribution in [0.5, 0.6) is 17.2 Å². The molecule has 1 aliphatic heterocycles. The predicted molar refractivity (Wildman–Crippen MR) is 70.7 cm³/mol. The fourth-order valence-electron chi connectivity index (χ4n) is 1.79. The molecule has 0 spiro atoms. The van der Waals surface area contributed by atoms with E-state index in [4.69, 9.17) is 14.2 Å². The zero-order valence-corrected chi connectivity index (χ0v) is 11.5. The highest BCUT2D eigenvalue weighted by molar-refractivity contribution is 9.10. The molecule has 3 rings (SSSR count). The number of benzene rings is 1. The first-order valence-corrected chi connectivity index (χ1v) is 6.21. The monoisotopic (exact) mass is 324 g/mol. The number of aromatic amines is 1. The number of nitrogens with zero attached hydrogens (tertiary/aromatic N) is 1. The first kappa shape index (κ1) is 12.0. The number of nitrogens with one attached hydrogen (secondary N) is 1. The van der Waals surface area contributed by atoms with Gasteiger partial charge in [-0.15, -0.1) is 0 Å². The molecular formula is C12H9BrN2O4. The van der Waals surface area contributed by atoms with Crippen LogP contribution >= 0.6 is 15.9 Å². The van der Waals surface area contributed by atoms with Crippen LogP contribution in [-0.4, -0.2) is 23.9 Å². The Hall–Kier alpha value is -2.02. The topological polar surface area (TPSA) is 73.4 Å². The van der Waals surface area contributed by atoms with Crippen molar-refractivity contribution in [3.63, 3.8) is 0 Å². The Balaban J connectivity index is 2.15. The molecule has 1 aromatic heterocycles. The molecule has 1 aliphatic rings. The van der Waals surface area contributed by atoms with Crippen LogP contribution in [0.15, 0.2) is 27.6 Å². The van der Waals surface area contributed by atoms with Gasteiger partial charge in [0.2, 0.25) is 12.5 Å². The molecule has 1 aromatic carbocycles. The van der Waals surface area contributed by atoms with Crippen LogP contribution in [0.3, 0.4) is 0 Å². The van der Waals surface area contributed by atoms with Crippen molar-refractivity contribution in [2.45, 2.75) is 0 Å². The number of halogens is 1. The number of H-pyrrole nitrogens is 1. The molecule has 6 nitrogen and oxygen atoms in total. The minimum atomic E-state index is -0.248. The summed E-state index contributed by atoms with van der Waals surface area (Å²) < 4.78 is 16.3. The summed E-state index contributed by atoms with van der Waals surface area (Å²) in [5, 5.41) is 0. The molecule has 2 aromatic rings. The van der Waals surface area contributed by atoms with Gasteiger partial charge in [0.15, 0.2) is 11.5 Å². The Morgan fingerprint density at radius 1 is 1.42 bits per heavy atom. The number of rotatable bonds is 2. The number of ether oxygens (including phenoxy) is 3. The lowest BCUT2D eigenvalue weighted by atomic mass is 10.1. The molecule has 7 heteroatoms. The van der Waals surface area contributed by atoms with Crippen molar-refractivity contribution in [2.24, 2.45) is 0 Å². The van der Waals surface area contributed by atoms with Crippen LogP contribution in [-0.2, 0) is 0 Å². The third kappa shape index (κ3) is 2.06. The lowest BCUT2D eigenvalue weighted by molar-refractivity contribution is 0.171. The summed E-state index contributed by atoms with van der Waals surface area (Å²) >= 11 is 3.10. The Labute approximate surface area is 116 Å². The highest BCUT2D eigenvalue weighted by Gasteiger charge is 2.21. The SMILES string of the molecule is COc1cc(-c2ncc(Br)c(=O)[nH]2)cc2c1OCO2. The smallest absolute Gasteiger partial charge is 0.265 e. The zero-order valence-electron chi connectivity index (χ0n) is 9.90. The maximum Gasteiger partial charge on any atom is 0.265 e. The van der Waals surface area contributed by atoms with Gasteiger partial charge in [0, 0.05) is 11.8 Å². The molecule has 0 aliphatic carbocycles. The van der Waals surface area contributed by atoms with Crippen molar-refractivity contribution < 1.29 is 14.2 Å². The number of hydrogen-bond acceptors (Lipinski definition) is 5. The summed E-state index contributed by atoms with van der Waals surface area (Å²) in [4.78, 5) is 18.4. The fourth-order valence-corrected chi connectivity index (χ4v) is 1.99. The first-order chi connectivity index (χ1) is 9.19. The van der Waals surface area contributed by atoms with E-state index in [1.807, 2.05) is 0 Å². The van der Waals surface area contributed by atoms with Crippen molar-refractivity contribution in [3.8, 4) is 28.6 Å². The summed E-state index contributed by atoms with van der Waals surface area (Å²) in [5.41, 5.74) is 0.437. The largest absolute Gasteiger partial charge is 0.493 e. The Bertz CT molecular complexity index is 699. The quantitative estimate of drug-likeness (QED) is 0.913. The standard InChI is InChI=1S/C12H9BrN2O4/c1-17-8-2-6(3-9-10(8)19-5-18-9)11-14-4-7(13)12(16)15-11/h2-4H,5H2,1H3,(H,14,15,16). The Kier molecular flexibility index (Phi) is 2.90. The van der Waals surface area contributed by atoms with Gasteiger partial charge in [-0.05, 0) is 28.1 Å².